The van der Waals surface area contributed by atoms with Crippen LogP contribution in [0.5, 0.6) is 0 Å². The zero-order valence-electron chi connectivity index (χ0n) is 7.74. The molecule has 0 spiro atoms. The summed E-state index contributed by atoms with van der Waals surface area (Å²) in [5.74, 6) is 0. The molecule has 1 aromatic carbocycles. The number of nitrogens with zero attached hydrogens (tertiary/aromatic N) is 2. The summed E-state index contributed by atoms with van der Waals surface area (Å²) < 4.78 is 0. The Bertz CT molecular complexity index is 468. The van der Waals surface area contributed by atoms with Crippen molar-refractivity contribution in [3.8, 4) is 0 Å². The molecular weight excluding hydrogens is 198 g/mol. The number of para-hydroxylation sites is 1. The van der Waals surface area contributed by atoms with Crippen LogP contribution in [0.3, 0.4) is 0 Å². The van der Waals surface area contributed by atoms with Crippen molar-refractivity contribution in [3.05, 3.63) is 35.2 Å². The number of benzene rings is 1. The summed E-state index contributed by atoms with van der Waals surface area (Å²) in [7, 11) is 0. The van der Waals surface area contributed by atoms with Crippen molar-refractivity contribution < 1.29 is 0 Å². The van der Waals surface area contributed by atoms with Crippen molar-refractivity contribution in [1.29, 1.82) is 0 Å². The minimum Gasteiger partial charge on any atom is -0.323 e. The Balaban J connectivity index is 2.80. The molecule has 1 atom stereocenters. The van der Waals surface area contributed by atoms with Gasteiger partial charge in [0.1, 0.15) is 0 Å². The molecule has 14 heavy (non-hydrogen) atoms. The molecule has 0 aliphatic heterocycles. The number of hydrogen-bond acceptors (Lipinski definition) is 3. The Morgan fingerprint density at radius 2 is 2.00 bits per heavy atom. The molecule has 72 valence electrons. The fourth-order valence-corrected chi connectivity index (χ4v) is 1.60. The monoisotopic (exact) mass is 207 g/mol. The van der Waals surface area contributed by atoms with Crippen LogP contribution in [0.1, 0.15) is 18.7 Å². The third kappa shape index (κ3) is 1.56. The highest BCUT2D eigenvalue weighted by molar-refractivity contribution is 6.28. The lowest BCUT2D eigenvalue weighted by atomic mass is 10.1. The normalized spacial score (nSPS) is 13.1. The van der Waals surface area contributed by atoms with Gasteiger partial charge in [0.05, 0.1) is 11.2 Å². The maximum absolute atomic E-state index is 5.80. The fraction of sp³-hybridized carbons (Fsp3) is 0.200. The lowest BCUT2D eigenvalue weighted by Gasteiger charge is -2.08. The molecule has 3 nitrogen and oxygen atoms in total. The Hall–Kier alpha value is -1.19. The van der Waals surface area contributed by atoms with Gasteiger partial charge in [-0.3, -0.25) is 0 Å². The molecule has 0 bridgehead atoms. The maximum Gasteiger partial charge on any atom is 0.223 e. The number of nitrogens with two attached hydrogens (primary N) is 1. The predicted molar refractivity (Wildman–Crippen MR) is 57.2 cm³/mol. The van der Waals surface area contributed by atoms with Crippen LogP contribution in [-0.2, 0) is 0 Å². The third-order valence-electron chi connectivity index (χ3n) is 2.04. The molecule has 1 unspecified atom stereocenters. The average molecular weight is 208 g/mol. The molecule has 0 aliphatic carbocycles. The first-order chi connectivity index (χ1) is 6.68. The van der Waals surface area contributed by atoms with Crippen molar-refractivity contribution in [3.63, 3.8) is 0 Å². The van der Waals surface area contributed by atoms with Gasteiger partial charge in [-0.1, -0.05) is 18.2 Å². The number of aromatic nitrogens is 2. The van der Waals surface area contributed by atoms with Gasteiger partial charge < -0.3 is 5.73 Å². The molecular formula is C10H10ClN3. The lowest BCUT2D eigenvalue weighted by Crippen LogP contribution is -2.08. The van der Waals surface area contributed by atoms with E-state index in [0.717, 1.165) is 16.6 Å². The predicted octanol–water partition coefficient (Wildman–Crippen LogP) is 2.30. The second-order valence-corrected chi connectivity index (χ2v) is 3.52. The standard InChI is InChI=1S/C10H10ClN3/c1-6(12)9-7-4-2-3-5-8(7)13-10(11)14-9/h2-6H,12H2,1H3. The molecule has 2 rings (SSSR count). The summed E-state index contributed by atoms with van der Waals surface area (Å²) in [6, 6.07) is 7.56. The molecule has 0 saturated heterocycles. The first-order valence-corrected chi connectivity index (χ1v) is 4.74. The molecule has 2 aromatic rings. The second-order valence-electron chi connectivity index (χ2n) is 3.18. The van der Waals surface area contributed by atoms with E-state index >= 15 is 0 Å². The van der Waals surface area contributed by atoms with Crippen LogP contribution < -0.4 is 5.73 Å². The van der Waals surface area contributed by atoms with E-state index < -0.39 is 0 Å². The van der Waals surface area contributed by atoms with Crippen molar-refractivity contribution in [1.82, 2.24) is 9.97 Å². The summed E-state index contributed by atoms with van der Waals surface area (Å²) in [6.07, 6.45) is 0. The largest absolute Gasteiger partial charge is 0.323 e. The number of hydrogen-bond donors (Lipinski definition) is 1. The van der Waals surface area contributed by atoms with Gasteiger partial charge in [-0.2, -0.15) is 0 Å². The minimum atomic E-state index is -0.139. The Kier molecular flexibility index (Phi) is 2.35. The molecule has 0 radical (unpaired) electrons. The van der Waals surface area contributed by atoms with Crippen LogP contribution in [0.4, 0.5) is 0 Å². The van der Waals surface area contributed by atoms with Crippen molar-refractivity contribution >= 4 is 22.5 Å². The van der Waals surface area contributed by atoms with E-state index in [9.17, 15) is 0 Å². The van der Waals surface area contributed by atoms with Gasteiger partial charge in [-0.25, -0.2) is 9.97 Å². The molecule has 1 aromatic heterocycles. The highest BCUT2D eigenvalue weighted by Gasteiger charge is 2.09. The molecule has 0 amide bonds. The lowest BCUT2D eigenvalue weighted by molar-refractivity contribution is 0.787. The van der Waals surface area contributed by atoms with Crippen LogP contribution in [0.25, 0.3) is 10.9 Å². The van der Waals surface area contributed by atoms with Gasteiger partial charge in [0.25, 0.3) is 0 Å². The molecule has 4 heteroatoms. The van der Waals surface area contributed by atoms with Gasteiger partial charge in [-0.05, 0) is 24.6 Å². The van der Waals surface area contributed by atoms with Crippen LogP contribution in [-0.4, -0.2) is 9.97 Å². The van der Waals surface area contributed by atoms with E-state index in [1.165, 1.54) is 0 Å². The van der Waals surface area contributed by atoms with Crippen molar-refractivity contribution in [2.45, 2.75) is 13.0 Å². The van der Waals surface area contributed by atoms with Gasteiger partial charge in [0, 0.05) is 11.4 Å². The smallest absolute Gasteiger partial charge is 0.223 e. The van der Waals surface area contributed by atoms with E-state index in [-0.39, 0.29) is 11.3 Å². The van der Waals surface area contributed by atoms with Crippen LogP contribution in [0, 0.1) is 0 Å². The highest BCUT2D eigenvalue weighted by atomic mass is 35.5. The van der Waals surface area contributed by atoms with Gasteiger partial charge in [0.2, 0.25) is 5.28 Å². The first kappa shape index (κ1) is 9.37. The van der Waals surface area contributed by atoms with Crippen LogP contribution >= 0.6 is 11.6 Å². The molecule has 0 fully saturated rings. The van der Waals surface area contributed by atoms with E-state index in [0.29, 0.717) is 0 Å². The SMILES string of the molecule is CC(N)c1nc(Cl)nc2ccccc12. The zero-order valence-corrected chi connectivity index (χ0v) is 8.49. The summed E-state index contributed by atoms with van der Waals surface area (Å²) in [4.78, 5) is 8.25. The minimum absolute atomic E-state index is 0.139. The van der Waals surface area contributed by atoms with Crippen LogP contribution in [0.2, 0.25) is 5.28 Å². The molecule has 1 heterocycles. The van der Waals surface area contributed by atoms with E-state index in [4.69, 9.17) is 17.3 Å². The van der Waals surface area contributed by atoms with Crippen molar-refractivity contribution in [2.75, 3.05) is 0 Å². The highest BCUT2D eigenvalue weighted by Crippen LogP contribution is 2.21. The van der Waals surface area contributed by atoms with Gasteiger partial charge >= 0.3 is 0 Å². The number of rotatable bonds is 1. The Morgan fingerprint density at radius 1 is 1.29 bits per heavy atom. The molecule has 0 saturated carbocycles. The average Bonchev–Trinajstić information content (AvgIpc) is 2.16. The Labute approximate surface area is 86.9 Å². The van der Waals surface area contributed by atoms with Gasteiger partial charge in [0.15, 0.2) is 0 Å². The van der Waals surface area contributed by atoms with E-state index in [2.05, 4.69) is 9.97 Å². The first-order valence-electron chi connectivity index (χ1n) is 4.36. The summed E-state index contributed by atoms with van der Waals surface area (Å²) >= 11 is 5.79. The molecule has 0 aliphatic rings. The second kappa shape index (κ2) is 3.52. The van der Waals surface area contributed by atoms with Gasteiger partial charge in [-0.15, -0.1) is 0 Å². The van der Waals surface area contributed by atoms with Crippen molar-refractivity contribution in [2.24, 2.45) is 5.73 Å². The zero-order chi connectivity index (χ0) is 10.1. The van der Waals surface area contributed by atoms with Crippen LogP contribution in [0.15, 0.2) is 24.3 Å². The maximum atomic E-state index is 5.80. The number of fused-ring (bicyclic) bond motifs is 1. The van der Waals surface area contributed by atoms with E-state index in [1.807, 2.05) is 31.2 Å². The Morgan fingerprint density at radius 3 is 2.71 bits per heavy atom. The summed E-state index contributed by atoms with van der Waals surface area (Å²) in [5.41, 5.74) is 7.43. The number of halogens is 1. The third-order valence-corrected chi connectivity index (χ3v) is 2.21. The molecule has 2 N–H and O–H groups in total. The summed E-state index contributed by atoms with van der Waals surface area (Å²) in [6.45, 7) is 1.88. The summed E-state index contributed by atoms with van der Waals surface area (Å²) in [5, 5.41) is 1.21. The van der Waals surface area contributed by atoms with E-state index in [1.54, 1.807) is 0 Å². The quantitative estimate of drug-likeness (QED) is 0.731. The fourth-order valence-electron chi connectivity index (χ4n) is 1.42. The topological polar surface area (TPSA) is 51.8 Å².